The van der Waals surface area contributed by atoms with E-state index in [4.69, 9.17) is 14.2 Å². The molecule has 1 heterocycles. The van der Waals surface area contributed by atoms with Crippen molar-refractivity contribution < 1.29 is 27.4 Å². The minimum absolute atomic E-state index is 0.00689. The van der Waals surface area contributed by atoms with Gasteiger partial charge in [0.2, 0.25) is 16.8 Å². The highest BCUT2D eigenvalue weighted by Gasteiger charge is 2.23. The first-order valence-corrected chi connectivity index (χ1v) is 9.38. The molecule has 3 rings (SSSR count). The molecule has 7 nitrogen and oxygen atoms in total. The molecule has 0 radical (unpaired) electrons. The first-order valence-electron chi connectivity index (χ1n) is 7.90. The lowest BCUT2D eigenvalue weighted by molar-refractivity contribution is 0.0734. The van der Waals surface area contributed by atoms with Crippen LogP contribution in [0.4, 0.5) is 0 Å². The van der Waals surface area contributed by atoms with Crippen LogP contribution in [-0.4, -0.2) is 26.7 Å². The van der Waals surface area contributed by atoms with E-state index in [1.165, 1.54) is 24.3 Å². The number of hydrogen-bond acceptors (Lipinski definition) is 6. The maximum atomic E-state index is 12.4. The number of nitrogens with one attached hydrogen (secondary N) is 1. The Labute approximate surface area is 151 Å². The third kappa shape index (κ3) is 4.14. The Kier molecular flexibility index (Phi) is 4.64. The van der Waals surface area contributed by atoms with E-state index in [-0.39, 0.29) is 23.0 Å². The van der Waals surface area contributed by atoms with Crippen molar-refractivity contribution in [3.8, 4) is 17.2 Å². The predicted molar refractivity (Wildman–Crippen MR) is 94.0 cm³/mol. The van der Waals surface area contributed by atoms with Crippen molar-refractivity contribution in [1.29, 1.82) is 0 Å². The van der Waals surface area contributed by atoms with E-state index in [1.807, 2.05) is 0 Å². The van der Waals surface area contributed by atoms with Crippen LogP contribution in [0.2, 0.25) is 0 Å². The van der Waals surface area contributed by atoms with Crippen LogP contribution < -0.4 is 18.9 Å². The summed E-state index contributed by atoms with van der Waals surface area (Å²) in [5.74, 6) is 0.671. The number of carbonyl (C=O) groups is 1. The zero-order chi connectivity index (χ0) is 18.9. The van der Waals surface area contributed by atoms with E-state index >= 15 is 0 Å². The van der Waals surface area contributed by atoms with Crippen LogP contribution in [0.3, 0.4) is 0 Å². The van der Waals surface area contributed by atoms with Gasteiger partial charge in [0.1, 0.15) is 5.75 Å². The van der Waals surface area contributed by atoms with Crippen LogP contribution in [-0.2, 0) is 10.0 Å². The Hall–Kier alpha value is -2.58. The number of carbonyl (C=O) groups excluding carboxylic acids is 1. The molecule has 0 fully saturated rings. The normalized spacial score (nSPS) is 13.5. The summed E-state index contributed by atoms with van der Waals surface area (Å²) in [6.07, 6.45) is 0. The van der Waals surface area contributed by atoms with Crippen molar-refractivity contribution in [2.24, 2.45) is 0 Å². The number of esters is 1. The molecule has 0 saturated heterocycles. The summed E-state index contributed by atoms with van der Waals surface area (Å²) in [7, 11) is -3.75. The monoisotopic (exact) mass is 377 g/mol. The minimum atomic E-state index is -3.75. The second kappa shape index (κ2) is 6.62. The lowest BCUT2D eigenvalue weighted by Crippen LogP contribution is -2.40. The fourth-order valence-electron chi connectivity index (χ4n) is 2.36. The van der Waals surface area contributed by atoms with Gasteiger partial charge in [0.15, 0.2) is 11.5 Å². The molecule has 1 N–H and O–H groups in total. The smallest absolute Gasteiger partial charge is 0.343 e. The fraction of sp³-hybridized carbons (Fsp3) is 0.278. The SMILES string of the molecule is CC(C)(C)NS(=O)(=O)c1cccc(C(=O)Oc2ccc3c(c2)OCO3)c1. The summed E-state index contributed by atoms with van der Waals surface area (Å²) in [6, 6.07) is 10.4. The van der Waals surface area contributed by atoms with Gasteiger partial charge in [-0.15, -0.1) is 0 Å². The molecule has 0 atom stereocenters. The topological polar surface area (TPSA) is 90.9 Å². The number of ether oxygens (including phenoxy) is 3. The summed E-state index contributed by atoms with van der Waals surface area (Å²) in [5.41, 5.74) is -0.513. The number of sulfonamides is 1. The van der Waals surface area contributed by atoms with Crippen molar-refractivity contribution in [2.75, 3.05) is 6.79 Å². The van der Waals surface area contributed by atoms with E-state index in [0.717, 1.165) is 0 Å². The zero-order valence-electron chi connectivity index (χ0n) is 14.6. The van der Waals surface area contributed by atoms with Gasteiger partial charge in [-0.2, -0.15) is 0 Å². The van der Waals surface area contributed by atoms with Crippen molar-refractivity contribution in [1.82, 2.24) is 4.72 Å². The van der Waals surface area contributed by atoms with Gasteiger partial charge in [0.25, 0.3) is 0 Å². The highest BCUT2D eigenvalue weighted by Crippen LogP contribution is 2.35. The van der Waals surface area contributed by atoms with Gasteiger partial charge in [-0.05, 0) is 51.1 Å². The molecule has 1 aliphatic heterocycles. The number of rotatable bonds is 4. The summed E-state index contributed by atoms with van der Waals surface area (Å²) in [5, 5.41) is 0. The van der Waals surface area contributed by atoms with Crippen LogP contribution in [0, 0.1) is 0 Å². The largest absolute Gasteiger partial charge is 0.454 e. The number of fused-ring (bicyclic) bond motifs is 1. The van der Waals surface area contributed by atoms with E-state index in [9.17, 15) is 13.2 Å². The molecule has 0 amide bonds. The highest BCUT2D eigenvalue weighted by molar-refractivity contribution is 7.89. The molecule has 0 bridgehead atoms. The molecule has 0 spiro atoms. The molecule has 2 aromatic carbocycles. The molecule has 8 heteroatoms. The summed E-state index contributed by atoms with van der Waals surface area (Å²) >= 11 is 0. The molecular weight excluding hydrogens is 358 g/mol. The maximum absolute atomic E-state index is 12.4. The maximum Gasteiger partial charge on any atom is 0.343 e. The van der Waals surface area contributed by atoms with Crippen LogP contribution >= 0.6 is 0 Å². The van der Waals surface area contributed by atoms with Gasteiger partial charge >= 0.3 is 5.97 Å². The van der Waals surface area contributed by atoms with Crippen LogP contribution in [0.5, 0.6) is 17.2 Å². The van der Waals surface area contributed by atoms with Crippen LogP contribution in [0.1, 0.15) is 31.1 Å². The van der Waals surface area contributed by atoms with Gasteiger partial charge in [0.05, 0.1) is 10.5 Å². The summed E-state index contributed by atoms with van der Waals surface area (Å²) < 4.78 is 43.1. The summed E-state index contributed by atoms with van der Waals surface area (Å²) in [6.45, 7) is 5.33. The van der Waals surface area contributed by atoms with Crippen LogP contribution in [0.25, 0.3) is 0 Å². The Morgan fingerprint density at radius 1 is 1.08 bits per heavy atom. The lowest BCUT2D eigenvalue weighted by atomic mass is 10.1. The first kappa shape index (κ1) is 18.2. The Morgan fingerprint density at radius 2 is 1.81 bits per heavy atom. The van der Waals surface area contributed by atoms with Crippen molar-refractivity contribution in [3.05, 3.63) is 48.0 Å². The molecule has 0 unspecified atom stereocenters. The van der Waals surface area contributed by atoms with E-state index < -0.39 is 21.5 Å². The highest BCUT2D eigenvalue weighted by atomic mass is 32.2. The van der Waals surface area contributed by atoms with Gasteiger partial charge < -0.3 is 14.2 Å². The molecule has 0 aliphatic carbocycles. The molecule has 2 aromatic rings. The molecule has 26 heavy (non-hydrogen) atoms. The van der Waals surface area contributed by atoms with Gasteiger partial charge in [0, 0.05) is 11.6 Å². The third-order valence-electron chi connectivity index (χ3n) is 3.38. The average Bonchev–Trinajstić information content (AvgIpc) is 3.00. The minimum Gasteiger partial charge on any atom is -0.454 e. The molecule has 1 aliphatic rings. The molecular formula is C18H19NO6S. The zero-order valence-corrected chi connectivity index (χ0v) is 15.4. The quantitative estimate of drug-likeness (QED) is 0.651. The average molecular weight is 377 g/mol. The second-order valence-electron chi connectivity index (χ2n) is 6.79. The van der Waals surface area contributed by atoms with E-state index in [1.54, 1.807) is 39.0 Å². The predicted octanol–water partition coefficient (Wildman–Crippen LogP) is 2.71. The number of hydrogen-bond donors (Lipinski definition) is 1. The summed E-state index contributed by atoms with van der Waals surface area (Å²) in [4.78, 5) is 12.4. The van der Waals surface area contributed by atoms with Crippen LogP contribution in [0.15, 0.2) is 47.4 Å². The van der Waals surface area contributed by atoms with Gasteiger partial charge in [-0.3, -0.25) is 0 Å². The molecule has 138 valence electrons. The standard InChI is InChI=1S/C18H19NO6S/c1-18(2,3)19-26(21,22)14-6-4-5-12(9-14)17(20)25-13-7-8-15-16(10-13)24-11-23-15/h4-10,19H,11H2,1-3H3. The van der Waals surface area contributed by atoms with Crippen molar-refractivity contribution in [3.63, 3.8) is 0 Å². The van der Waals surface area contributed by atoms with Crippen molar-refractivity contribution in [2.45, 2.75) is 31.2 Å². The van der Waals surface area contributed by atoms with Gasteiger partial charge in [-0.25, -0.2) is 17.9 Å². The fourth-order valence-corrected chi connectivity index (χ4v) is 3.82. The Morgan fingerprint density at radius 3 is 2.54 bits per heavy atom. The van der Waals surface area contributed by atoms with E-state index in [2.05, 4.69) is 4.72 Å². The number of benzene rings is 2. The molecule has 0 saturated carbocycles. The van der Waals surface area contributed by atoms with E-state index in [0.29, 0.717) is 11.5 Å². The Bertz CT molecular complexity index is 946. The third-order valence-corrected chi connectivity index (χ3v) is 5.13. The Balaban J connectivity index is 1.80. The van der Waals surface area contributed by atoms with Gasteiger partial charge in [-0.1, -0.05) is 6.07 Å². The lowest BCUT2D eigenvalue weighted by Gasteiger charge is -2.20. The second-order valence-corrected chi connectivity index (χ2v) is 8.47. The molecule has 0 aromatic heterocycles. The first-order chi connectivity index (χ1) is 12.1. The van der Waals surface area contributed by atoms with Crippen molar-refractivity contribution >= 4 is 16.0 Å².